The molecule has 2 aliphatic rings. The normalized spacial score (nSPS) is 21.1. The van der Waals surface area contributed by atoms with Crippen molar-refractivity contribution in [2.24, 2.45) is 0 Å². The van der Waals surface area contributed by atoms with Crippen LogP contribution in [-0.2, 0) is 4.74 Å². The van der Waals surface area contributed by atoms with Crippen LogP contribution in [0.3, 0.4) is 0 Å². The van der Waals surface area contributed by atoms with Gasteiger partial charge in [0, 0.05) is 50.8 Å². The average Bonchev–Trinajstić information content (AvgIpc) is 2.65. The van der Waals surface area contributed by atoms with E-state index in [1.54, 1.807) is 0 Å². The predicted molar refractivity (Wildman–Crippen MR) is 99.1 cm³/mol. The number of halogens is 1. The summed E-state index contributed by atoms with van der Waals surface area (Å²) in [7, 11) is 2.15. The number of carbonyl (C=O) groups excluding carboxylic acids is 1. The number of urea groups is 1. The van der Waals surface area contributed by atoms with Gasteiger partial charge in [0.2, 0.25) is 0 Å². The maximum atomic E-state index is 12.4. The Hall–Kier alpha value is -1.34. The van der Waals surface area contributed by atoms with Crippen molar-refractivity contribution in [3.8, 4) is 0 Å². The minimum absolute atomic E-state index is 0.00334. The molecule has 0 bridgehead atoms. The van der Waals surface area contributed by atoms with Gasteiger partial charge in [-0.05, 0) is 24.7 Å². The summed E-state index contributed by atoms with van der Waals surface area (Å²) < 4.78 is 5.31. The molecule has 2 saturated heterocycles. The number of carbonyl (C=O) groups is 1. The summed E-state index contributed by atoms with van der Waals surface area (Å²) in [6, 6.07) is 8.12. The van der Waals surface area contributed by atoms with E-state index in [-0.39, 0.29) is 12.1 Å². The van der Waals surface area contributed by atoms with Crippen LogP contribution >= 0.6 is 11.6 Å². The zero-order valence-electron chi connectivity index (χ0n) is 14.8. The average molecular weight is 367 g/mol. The predicted octanol–water partition coefficient (Wildman–Crippen LogP) is 1.67. The molecule has 138 valence electrons. The van der Waals surface area contributed by atoms with E-state index in [2.05, 4.69) is 34.3 Å². The topological polar surface area (TPSA) is 48.0 Å². The lowest BCUT2D eigenvalue weighted by molar-refractivity contribution is 0.0520. The zero-order valence-corrected chi connectivity index (χ0v) is 15.5. The molecule has 0 saturated carbocycles. The molecule has 3 rings (SSSR count). The molecule has 1 aromatic rings. The first-order chi connectivity index (χ1) is 12.1. The third kappa shape index (κ3) is 5.07. The quantitative estimate of drug-likeness (QED) is 0.880. The molecule has 2 amide bonds. The Balaban J connectivity index is 1.65. The van der Waals surface area contributed by atoms with Crippen molar-refractivity contribution in [2.45, 2.75) is 6.04 Å². The maximum Gasteiger partial charge on any atom is 0.317 e. The monoisotopic (exact) mass is 366 g/mol. The molecule has 1 unspecified atom stereocenters. The molecule has 2 fully saturated rings. The Morgan fingerprint density at radius 2 is 1.76 bits per heavy atom. The maximum absolute atomic E-state index is 12.4. The van der Waals surface area contributed by atoms with E-state index in [1.165, 1.54) is 5.56 Å². The van der Waals surface area contributed by atoms with E-state index >= 15 is 0 Å². The third-order valence-corrected chi connectivity index (χ3v) is 5.23. The highest BCUT2D eigenvalue weighted by Crippen LogP contribution is 2.23. The van der Waals surface area contributed by atoms with Crippen LogP contribution in [0, 0.1) is 0 Å². The second-order valence-corrected chi connectivity index (χ2v) is 7.13. The number of hydrogen-bond donors (Lipinski definition) is 1. The minimum atomic E-state index is -0.00334. The zero-order chi connectivity index (χ0) is 17.6. The number of nitrogens with zero attached hydrogens (tertiary/aromatic N) is 3. The van der Waals surface area contributed by atoms with E-state index in [1.807, 2.05) is 17.0 Å². The molecule has 6 nitrogen and oxygen atoms in total. The van der Waals surface area contributed by atoms with Crippen molar-refractivity contribution in [3.63, 3.8) is 0 Å². The first-order valence-corrected chi connectivity index (χ1v) is 9.30. The number of nitrogens with one attached hydrogen (secondary N) is 1. The SMILES string of the molecule is CN1CCN(C(CNC(=O)N2CCOCC2)c2ccc(Cl)cc2)CC1. The van der Waals surface area contributed by atoms with Crippen LogP contribution < -0.4 is 5.32 Å². The van der Waals surface area contributed by atoms with Gasteiger partial charge in [-0.2, -0.15) is 0 Å². The van der Waals surface area contributed by atoms with Crippen LogP contribution in [0.4, 0.5) is 4.79 Å². The van der Waals surface area contributed by atoms with Crippen molar-refractivity contribution in [1.82, 2.24) is 20.0 Å². The van der Waals surface area contributed by atoms with Gasteiger partial charge in [0.15, 0.2) is 0 Å². The number of ether oxygens (including phenoxy) is 1. The molecule has 0 aliphatic carbocycles. The van der Waals surface area contributed by atoms with Gasteiger partial charge in [0.25, 0.3) is 0 Å². The fourth-order valence-electron chi connectivity index (χ4n) is 3.34. The second-order valence-electron chi connectivity index (χ2n) is 6.69. The third-order valence-electron chi connectivity index (χ3n) is 4.98. The molecule has 2 aliphatic heterocycles. The Bertz CT molecular complexity index is 555. The van der Waals surface area contributed by atoms with E-state index < -0.39 is 0 Å². The highest BCUT2D eigenvalue weighted by molar-refractivity contribution is 6.30. The first kappa shape index (κ1) is 18.5. The molecule has 25 heavy (non-hydrogen) atoms. The molecule has 1 atom stereocenters. The van der Waals surface area contributed by atoms with Crippen molar-refractivity contribution < 1.29 is 9.53 Å². The number of hydrogen-bond acceptors (Lipinski definition) is 4. The number of likely N-dealkylation sites (N-methyl/N-ethyl adjacent to an activating group) is 1. The van der Waals surface area contributed by atoms with Crippen LogP contribution in [0.1, 0.15) is 11.6 Å². The lowest BCUT2D eigenvalue weighted by atomic mass is 10.0. The van der Waals surface area contributed by atoms with Gasteiger partial charge < -0.3 is 19.9 Å². The van der Waals surface area contributed by atoms with E-state index in [4.69, 9.17) is 16.3 Å². The fourth-order valence-corrected chi connectivity index (χ4v) is 3.46. The summed E-state index contributed by atoms with van der Waals surface area (Å²) in [6.45, 7) is 7.23. The Morgan fingerprint density at radius 3 is 2.40 bits per heavy atom. The van der Waals surface area contributed by atoms with Crippen LogP contribution in [0.15, 0.2) is 24.3 Å². The highest BCUT2D eigenvalue weighted by atomic mass is 35.5. The number of piperazine rings is 1. The summed E-state index contributed by atoms with van der Waals surface area (Å²) in [5, 5.41) is 3.85. The second kappa shape index (κ2) is 8.85. The smallest absolute Gasteiger partial charge is 0.317 e. The van der Waals surface area contributed by atoms with Gasteiger partial charge in [-0.15, -0.1) is 0 Å². The Labute approximate surface area is 154 Å². The molecule has 0 spiro atoms. The Kier molecular flexibility index (Phi) is 6.53. The van der Waals surface area contributed by atoms with Gasteiger partial charge >= 0.3 is 6.03 Å². The summed E-state index contributed by atoms with van der Waals surface area (Å²) in [6.07, 6.45) is 0. The molecule has 7 heteroatoms. The van der Waals surface area contributed by atoms with Crippen molar-refractivity contribution >= 4 is 17.6 Å². The van der Waals surface area contributed by atoms with E-state index in [0.29, 0.717) is 32.8 Å². The van der Waals surface area contributed by atoms with Gasteiger partial charge in [-0.3, -0.25) is 4.90 Å². The molecule has 1 N–H and O–H groups in total. The van der Waals surface area contributed by atoms with Crippen molar-refractivity contribution in [1.29, 1.82) is 0 Å². The van der Waals surface area contributed by atoms with Crippen LogP contribution in [0.25, 0.3) is 0 Å². The molecule has 0 aromatic heterocycles. The van der Waals surface area contributed by atoms with Crippen LogP contribution in [-0.4, -0.2) is 86.8 Å². The Morgan fingerprint density at radius 1 is 1.12 bits per heavy atom. The molecule has 0 radical (unpaired) electrons. The van der Waals surface area contributed by atoms with Crippen LogP contribution in [0.5, 0.6) is 0 Å². The summed E-state index contributed by atoms with van der Waals surface area (Å²) in [4.78, 5) is 19.0. The lowest BCUT2D eigenvalue weighted by Gasteiger charge is -2.38. The van der Waals surface area contributed by atoms with E-state index in [9.17, 15) is 4.79 Å². The number of amides is 2. The number of benzene rings is 1. The summed E-state index contributed by atoms with van der Waals surface area (Å²) >= 11 is 6.04. The van der Waals surface area contributed by atoms with Gasteiger partial charge in [-0.25, -0.2) is 4.79 Å². The van der Waals surface area contributed by atoms with Gasteiger partial charge in [-0.1, -0.05) is 23.7 Å². The lowest BCUT2D eigenvalue weighted by Crippen LogP contribution is -2.51. The standard InChI is InChI=1S/C18H27ClN4O2/c1-21-6-8-22(9-7-21)17(15-2-4-16(19)5-3-15)14-20-18(24)23-10-12-25-13-11-23/h2-5,17H,6-14H2,1H3,(H,20,24). The fraction of sp³-hybridized carbons (Fsp3) is 0.611. The van der Waals surface area contributed by atoms with Gasteiger partial charge in [0.05, 0.1) is 19.3 Å². The highest BCUT2D eigenvalue weighted by Gasteiger charge is 2.25. The minimum Gasteiger partial charge on any atom is -0.378 e. The first-order valence-electron chi connectivity index (χ1n) is 8.92. The molecule has 2 heterocycles. The summed E-state index contributed by atoms with van der Waals surface area (Å²) in [5.41, 5.74) is 1.19. The number of morpholine rings is 1. The molecular weight excluding hydrogens is 340 g/mol. The van der Waals surface area contributed by atoms with Gasteiger partial charge in [0.1, 0.15) is 0 Å². The largest absolute Gasteiger partial charge is 0.378 e. The van der Waals surface area contributed by atoms with Crippen molar-refractivity contribution in [2.75, 3.05) is 66.1 Å². The van der Waals surface area contributed by atoms with Crippen LogP contribution in [0.2, 0.25) is 5.02 Å². The van der Waals surface area contributed by atoms with Crippen molar-refractivity contribution in [3.05, 3.63) is 34.9 Å². The molecular formula is C18H27ClN4O2. The number of rotatable bonds is 4. The summed E-state index contributed by atoms with van der Waals surface area (Å²) in [5.74, 6) is 0. The van der Waals surface area contributed by atoms with E-state index in [0.717, 1.165) is 31.2 Å². The molecule has 1 aromatic carbocycles.